The molecule has 2 saturated heterocycles. The van der Waals surface area contributed by atoms with Gasteiger partial charge in [0, 0.05) is 49.3 Å². The monoisotopic (exact) mass is 304 g/mol. The van der Waals surface area contributed by atoms with E-state index < -0.39 is 0 Å². The van der Waals surface area contributed by atoms with Crippen LogP contribution in [-0.2, 0) is 4.79 Å². The SMILES string of the molecule is O=C1CCCN1C1CCN(CCSc2ccccc2)CC1. The van der Waals surface area contributed by atoms with Crippen LogP contribution >= 0.6 is 11.8 Å². The molecule has 0 aromatic heterocycles. The van der Waals surface area contributed by atoms with Gasteiger partial charge in [0.15, 0.2) is 0 Å². The van der Waals surface area contributed by atoms with Crippen molar-refractivity contribution in [2.45, 2.75) is 36.6 Å². The zero-order valence-electron chi connectivity index (χ0n) is 12.5. The van der Waals surface area contributed by atoms with E-state index in [0.717, 1.165) is 57.6 Å². The molecule has 2 heterocycles. The highest BCUT2D eigenvalue weighted by molar-refractivity contribution is 7.99. The number of rotatable bonds is 5. The highest BCUT2D eigenvalue weighted by atomic mass is 32.2. The lowest BCUT2D eigenvalue weighted by Gasteiger charge is -2.36. The number of nitrogens with zero attached hydrogens (tertiary/aromatic N) is 2. The van der Waals surface area contributed by atoms with Gasteiger partial charge in [-0.1, -0.05) is 18.2 Å². The molecule has 3 nitrogen and oxygen atoms in total. The third-order valence-electron chi connectivity index (χ3n) is 4.53. The molecule has 3 rings (SSSR count). The van der Waals surface area contributed by atoms with Crippen molar-refractivity contribution in [3.05, 3.63) is 30.3 Å². The van der Waals surface area contributed by atoms with Gasteiger partial charge in [0.05, 0.1) is 0 Å². The second-order valence-corrected chi connectivity index (χ2v) is 7.09. The highest BCUT2D eigenvalue weighted by Crippen LogP contribution is 2.23. The van der Waals surface area contributed by atoms with Gasteiger partial charge in [0.1, 0.15) is 0 Å². The van der Waals surface area contributed by atoms with E-state index >= 15 is 0 Å². The normalized spacial score (nSPS) is 21.1. The summed E-state index contributed by atoms with van der Waals surface area (Å²) in [4.78, 5) is 17.8. The first kappa shape index (κ1) is 14.9. The Morgan fingerprint density at radius 1 is 1.10 bits per heavy atom. The topological polar surface area (TPSA) is 23.6 Å². The lowest BCUT2D eigenvalue weighted by molar-refractivity contribution is -0.130. The molecule has 0 aliphatic carbocycles. The van der Waals surface area contributed by atoms with Crippen LogP contribution in [0.2, 0.25) is 0 Å². The van der Waals surface area contributed by atoms with E-state index in [4.69, 9.17) is 0 Å². The van der Waals surface area contributed by atoms with E-state index in [1.807, 2.05) is 11.8 Å². The molecule has 0 saturated carbocycles. The lowest BCUT2D eigenvalue weighted by atomic mass is 10.0. The summed E-state index contributed by atoms with van der Waals surface area (Å²) in [7, 11) is 0. The third kappa shape index (κ3) is 4.01. The van der Waals surface area contributed by atoms with Crippen LogP contribution in [0.3, 0.4) is 0 Å². The van der Waals surface area contributed by atoms with E-state index in [1.165, 1.54) is 4.90 Å². The van der Waals surface area contributed by atoms with Crippen molar-refractivity contribution in [1.82, 2.24) is 9.80 Å². The molecule has 2 aliphatic rings. The van der Waals surface area contributed by atoms with Crippen LogP contribution in [0.1, 0.15) is 25.7 Å². The maximum Gasteiger partial charge on any atom is 0.222 e. The number of piperidine rings is 1. The maximum absolute atomic E-state index is 11.8. The average molecular weight is 304 g/mol. The van der Waals surface area contributed by atoms with Gasteiger partial charge in [-0.05, 0) is 31.4 Å². The molecule has 21 heavy (non-hydrogen) atoms. The number of thioether (sulfide) groups is 1. The Labute approximate surface area is 131 Å². The first-order valence-electron chi connectivity index (χ1n) is 8.02. The number of hydrogen-bond acceptors (Lipinski definition) is 3. The fourth-order valence-corrected chi connectivity index (χ4v) is 4.25. The van der Waals surface area contributed by atoms with Gasteiger partial charge < -0.3 is 9.80 Å². The molecule has 0 atom stereocenters. The summed E-state index contributed by atoms with van der Waals surface area (Å²) in [6.45, 7) is 4.43. The van der Waals surface area contributed by atoms with Gasteiger partial charge in [-0.15, -0.1) is 11.8 Å². The Hall–Kier alpha value is -1.00. The second-order valence-electron chi connectivity index (χ2n) is 5.93. The fourth-order valence-electron chi connectivity index (χ4n) is 3.32. The van der Waals surface area contributed by atoms with Crippen molar-refractivity contribution in [3.8, 4) is 0 Å². The molecule has 0 bridgehead atoms. The third-order valence-corrected chi connectivity index (χ3v) is 5.52. The van der Waals surface area contributed by atoms with Crippen molar-refractivity contribution in [2.75, 3.05) is 31.9 Å². The first-order valence-corrected chi connectivity index (χ1v) is 9.01. The van der Waals surface area contributed by atoms with Crippen LogP contribution in [0.5, 0.6) is 0 Å². The van der Waals surface area contributed by atoms with E-state index in [9.17, 15) is 4.79 Å². The van der Waals surface area contributed by atoms with Gasteiger partial charge in [-0.3, -0.25) is 4.79 Å². The van der Waals surface area contributed by atoms with Crippen LogP contribution in [0.4, 0.5) is 0 Å². The number of benzene rings is 1. The lowest BCUT2D eigenvalue weighted by Crippen LogP contribution is -2.45. The summed E-state index contributed by atoms with van der Waals surface area (Å²) < 4.78 is 0. The minimum absolute atomic E-state index is 0.382. The van der Waals surface area contributed by atoms with Crippen molar-refractivity contribution in [2.24, 2.45) is 0 Å². The molecule has 4 heteroatoms. The zero-order valence-corrected chi connectivity index (χ0v) is 13.4. The first-order chi connectivity index (χ1) is 10.3. The summed E-state index contributed by atoms with van der Waals surface area (Å²) in [5, 5.41) is 0. The summed E-state index contributed by atoms with van der Waals surface area (Å²) >= 11 is 1.93. The number of likely N-dealkylation sites (tertiary alicyclic amines) is 2. The van der Waals surface area contributed by atoms with E-state index in [0.29, 0.717) is 11.9 Å². The Kier molecular flexibility index (Phi) is 5.20. The minimum Gasteiger partial charge on any atom is -0.340 e. The molecule has 1 aromatic rings. The predicted octanol–water partition coefficient (Wildman–Crippen LogP) is 2.87. The number of hydrogen-bond donors (Lipinski definition) is 0. The van der Waals surface area contributed by atoms with Crippen LogP contribution in [0.25, 0.3) is 0 Å². The average Bonchev–Trinajstić information content (AvgIpc) is 2.95. The van der Waals surface area contributed by atoms with Crippen molar-refractivity contribution < 1.29 is 4.79 Å². The Morgan fingerprint density at radius 3 is 2.52 bits per heavy atom. The van der Waals surface area contributed by atoms with Crippen molar-refractivity contribution in [1.29, 1.82) is 0 Å². The van der Waals surface area contributed by atoms with Gasteiger partial charge in [0.2, 0.25) is 5.91 Å². The minimum atomic E-state index is 0.382. The molecular formula is C17H24N2OS. The number of carbonyl (C=O) groups is 1. The quantitative estimate of drug-likeness (QED) is 0.782. The predicted molar refractivity (Wildman–Crippen MR) is 87.6 cm³/mol. The molecule has 0 radical (unpaired) electrons. The Bertz CT molecular complexity index is 457. The highest BCUT2D eigenvalue weighted by Gasteiger charge is 2.30. The second kappa shape index (κ2) is 7.32. The smallest absolute Gasteiger partial charge is 0.222 e. The molecular weight excluding hydrogens is 280 g/mol. The Morgan fingerprint density at radius 2 is 1.86 bits per heavy atom. The summed E-state index contributed by atoms with van der Waals surface area (Å²) in [5.74, 6) is 1.53. The van der Waals surface area contributed by atoms with E-state index in [1.54, 1.807) is 0 Å². The number of carbonyl (C=O) groups excluding carboxylic acids is 1. The van der Waals surface area contributed by atoms with Crippen LogP contribution in [0, 0.1) is 0 Å². The van der Waals surface area contributed by atoms with Crippen molar-refractivity contribution >= 4 is 17.7 Å². The van der Waals surface area contributed by atoms with Crippen LogP contribution in [0.15, 0.2) is 35.2 Å². The molecule has 0 N–H and O–H groups in total. The van der Waals surface area contributed by atoms with Crippen LogP contribution in [-0.4, -0.2) is 53.7 Å². The maximum atomic E-state index is 11.8. The Balaban J connectivity index is 1.37. The van der Waals surface area contributed by atoms with Gasteiger partial charge in [0.25, 0.3) is 0 Å². The number of amides is 1. The standard InChI is InChI=1S/C17H24N2OS/c20-17-7-4-10-19(17)15-8-11-18(12-9-15)13-14-21-16-5-2-1-3-6-16/h1-3,5-6,15H,4,7-14H2. The summed E-state index contributed by atoms with van der Waals surface area (Å²) in [6, 6.07) is 11.1. The largest absolute Gasteiger partial charge is 0.340 e. The van der Waals surface area contributed by atoms with E-state index in [-0.39, 0.29) is 0 Å². The van der Waals surface area contributed by atoms with Crippen molar-refractivity contribution in [3.63, 3.8) is 0 Å². The summed E-state index contributed by atoms with van der Waals surface area (Å²) in [6.07, 6.45) is 4.14. The van der Waals surface area contributed by atoms with E-state index in [2.05, 4.69) is 40.1 Å². The van der Waals surface area contributed by atoms with Crippen LogP contribution < -0.4 is 0 Å². The molecule has 0 spiro atoms. The molecule has 1 amide bonds. The van der Waals surface area contributed by atoms with Gasteiger partial charge >= 0.3 is 0 Å². The fraction of sp³-hybridized carbons (Fsp3) is 0.588. The van der Waals surface area contributed by atoms with Gasteiger partial charge in [-0.2, -0.15) is 0 Å². The zero-order chi connectivity index (χ0) is 14.5. The molecule has 1 aromatic carbocycles. The summed E-state index contributed by atoms with van der Waals surface area (Å²) in [5.41, 5.74) is 0. The molecule has 0 unspecified atom stereocenters. The molecule has 114 valence electrons. The molecule has 2 fully saturated rings. The van der Waals surface area contributed by atoms with Gasteiger partial charge in [-0.25, -0.2) is 0 Å². The molecule has 2 aliphatic heterocycles.